The molecule has 1 aromatic carbocycles. The van der Waals surface area contributed by atoms with Gasteiger partial charge in [-0.2, -0.15) is 0 Å². The van der Waals surface area contributed by atoms with Crippen LogP contribution in [0.25, 0.3) is 0 Å². The van der Waals surface area contributed by atoms with E-state index in [1.807, 2.05) is 4.90 Å². The third-order valence-corrected chi connectivity index (χ3v) is 5.00. The van der Waals surface area contributed by atoms with Crippen molar-refractivity contribution in [2.24, 2.45) is 5.92 Å². The standard InChI is InChI=1S/C20H27FN2O3/c1-19(2,3)26-18(25)22-20(17(24)23-10-4-5-11-23)13-15(20)12-14-6-8-16(21)9-7-14/h6-9,15H,4-5,10-13H2,1-3H3,(H,22,25)/t15?,20-/m0/s1. The second-order valence-corrected chi connectivity index (χ2v) is 8.33. The molecular weight excluding hydrogens is 335 g/mol. The van der Waals surface area contributed by atoms with Crippen LogP contribution >= 0.6 is 0 Å². The molecule has 142 valence electrons. The van der Waals surface area contributed by atoms with Crippen molar-refractivity contribution >= 4 is 12.0 Å². The van der Waals surface area contributed by atoms with E-state index in [4.69, 9.17) is 4.74 Å². The Morgan fingerprint density at radius 3 is 2.42 bits per heavy atom. The Balaban J connectivity index is 1.73. The number of carbonyl (C=O) groups is 2. The number of hydrogen-bond donors (Lipinski definition) is 1. The highest BCUT2D eigenvalue weighted by Crippen LogP contribution is 2.47. The molecule has 5 nitrogen and oxygen atoms in total. The first kappa shape index (κ1) is 18.7. The number of rotatable bonds is 4. The lowest BCUT2D eigenvalue weighted by Gasteiger charge is -2.27. The van der Waals surface area contributed by atoms with Gasteiger partial charge in [-0.25, -0.2) is 9.18 Å². The van der Waals surface area contributed by atoms with Crippen molar-refractivity contribution in [3.63, 3.8) is 0 Å². The Morgan fingerprint density at radius 1 is 1.23 bits per heavy atom. The molecule has 0 aromatic heterocycles. The number of likely N-dealkylation sites (tertiary alicyclic amines) is 1. The molecule has 2 fully saturated rings. The second kappa shape index (κ2) is 6.89. The van der Waals surface area contributed by atoms with Crippen molar-refractivity contribution in [3.05, 3.63) is 35.6 Å². The van der Waals surface area contributed by atoms with E-state index in [1.165, 1.54) is 12.1 Å². The number of carbonyl (C=O) groups excluding carboxylic acids is 2. The van der Waals surface area contributed by atoms with E-state index in [9.17, 15) is 14.0 Å². The van der Waals surface area contributed by atoms with Crippen molar-refractivity contribution in [2.75, 3.05) is 13.1 Å². The number of alkyl carbamates (subject to hydrolysis) is 1. The van der Waals surface area contributed by atoms with Gasteiger partial charge >= 0.3 is 6.09 Å². The third-order valence-electron chi connectivity index (χ3n) is 5.00. The van der Waals surface area contributed by atoms with Crippen molar-refractivity contribution < 1.29 is 18.7 Å². The maximum Gasteiger partial charge on any atom is 0.408 e. The van der Waals surface area contributed by atoms with Crippen LogP contribution in [0.4, 0.5) is 9.18 Å². The van der Waals surface area contributed by atoms with Gasteiger partial charge in [0.15, 0.2) is 0 Å². The molecular formula is C20H27FN2O3. The average Bonchev–Trinajstić information content (AvgIpc) is 2.96. The predicted octanol–water partition coefficient (Wildman–Crippen LogP) is 3.27. The normalized spacial score (nSPS) is 25.1. The zero-order valence-electron chi connectivity index (χ0n) is 15.7. The Morgan fingerprint density at radius 2 is 1.85 bits per heavy atom. The van der Waals surface area contributed by atoms with Gasteiger partial charge in [0.2, 0.25) is 5.91 Å². The Labute approximate surface area is 153 Å². The van der Waals surface area contributed by atoms with Crippen molar-refractivity contribution in [1.82, 2.24) is 10.2 Å². The molecule has 2 amide bonds. The fraction of sp³-hybridized carbons (Fsp3) is 0.600. The predicted molar refractivity (Wildman–Crippen MR) is 96.1 cm³/mol. The monoisotopic (exact) mass is 362 g/mol. The van der Waals surface area contributed by atoms with E-state index in [-0.39, 0.29) is 17.6 Å². The molecule has 1 saturated carbocycles. The molecule has 2 aliphatic rings. The zero-order valence-corrected chi connectivity index (χ0v) is 15.7. The molecule has 1 heterocycles. The summed E-state index contributed by atoms with van der Waals surface area (Å²) in [6.07, 6.45) is 2.63. The van der Waals surface area contributed by atoms with Crippen LogP contribution in [0, 0.1) is 11.7 Å². The molecule has 26 heavy (non-hydrogen) atoms. The van der Waals surface area contributed by atoms with Crippen molar-refractivity contribution in [1.29, 1.82) is 0 Å². The number of nitrogens with one attached hydrogen (secondary N) is 1. The van der Waals surface area contributed by atoms with Gasteiger partial charge in [-0.15, -0.1) is 0 Å². The van der Waals surface area contributed by atoms with Crippen LogP contribution in [0.1, 0.15) is 45.6 Å². The summed E-state index contributed by atoms with van der Waals surface area (Å²) >= 11 is 0. The molecule has 1 aromatic rings. The number of amides is 2. The van der Waals surface area contributed by atoms with E-state index < -0.39 is 17.2 Å². The van der Waals surface area contributed by atoms with Gasteiger partial charge in [-0.05, 0) is 70.1 Å². The molecule has 3 rings (SSSR count). The minimum atomic E-state index is -0.902. The van der Waals surface area contributed by atoms with E-state index in [0.717, 1.165) is 31.5 Å². The van der Waals surface area contributed by atoms with E-state index in [0.29, 0.717) is 12.8 Å². The van der Waals surface area contributed by atoms with Gasteiger partial charge < -0.3 is 15.0 Å². The summed E-state index contributed by atoms with van der Waals surface area (Å²) in [5.41, 5.74) is -0.567. The SMILES string of the molecule is CC(C)(C)OC(=O)N[C@@]1(C(=O)N2CCCC2)CC1Cc1ccc(F)cc1. The van der Waals surface area contributed by atoms with Gasteiger partial charge in [-0.1, -0.05) is 12.1 Å². The van der Waals surface area contributed by atoms with E-state index >= 15 is 0 Å². The van der Waals surface area contributed by atoms with Crippen LogP contribution in [0.2, 0.25) is 0 Å². The number of hydrogen-bond acceptors (Lipinski definition) is 3. The minimum absolute atomic E-state index is 0.00594. The molecule has 0 radical (unpaired) electrons. The van der Waals surface area contributed by atoms with E-state index in [2.05, 4.69) is 5.32 Å². The lowest BCUT2D eigenvalue weighted by atomic mass is 10.0. The third kappa shape index (κ3) is 4.17. The van der Waals surface area contributed by atoms with Crippen LogP contribution in [0.5, 0.6) is 0 Å². The second-order valence-electron chi connectivity index (χ2n) is 8.33. The van der Waals surface area contributed by atoms with Gasteiger partial charge in [0.25, 0.3) is 0 Å². The molecule has 1 aliphatic carbocycles. The first-order valence-corrected chi connectivity index (χ1v) is 9.25. The number of ether oxygens (including phenoxy) is 1. The highest BCUT2D eigenvalue weighted by atomic mass is 19.1. The summed E-state index contributed by atoms with van der Waals surface area (Å²) in [5, 5.41) is 2.86. The van der Waals surface area contributed by atoms with Crippen LogP contribution < -0.4 is 5.32 Å². The smallest absolute Gasteiger partial charge is 0.408 e. The molecule has 2 atom stereocenters. The maximum atomic E-state index is 13.1. The zero-order chi connectivity index (χ0) is 18.9. The summed E-state index contributed by atoms with van der Waals surface area (Å²) < 4.78 is 18.5. The average molecular weight is 362 g/mol. The molecule has 1 N–H and O–H groups in total. The molecule has 0 bridgehead atoms. The van der Waals surface area contributed by atoms with Crippen LogP contribution in [-0.4, -0.2) is 41.1 Å². The van der Waals surface area contributed by atoms with Gasteiger partial charge in [0, 0.05) is 13.1 Å². The summed E-state index contributed by atoms with van der Waals surface area (Å²) in [5.74, 6) is -0.308. The van der Waals surface area contributed by atoms with Crippen LogP contribution in [-0.2, 0) is 16.0 Å². The Bertz CT molecular complexity index is 677. The lowest BCUT2D eigenvalue weighted by Crippen LogP contribution is -2.52. The topological polar surface area (TPSA) is 58.6 Å². The summed E-state index contributed by atoms with van der Waals surface area (Å²) in [4.78, 5) is 27.2. The summed E-state index contributed by atoms with van der Waals surface area (Å²) in [7, 11) is 0. The van der Waals surface area contributed by atoms with Gasteiger partial charge in [0.1, 0.15) is 17.0 Å². The minimum Gasteiger partial charge on any atom is -0.444 e. The van der Waals surface area contributed by atoms with Crippen LogP contribution in [0.15, 0.2) is 24.3 Å². The first-order chi connectivity index (χ1) is 12.2. The summed E-state index contributed by atoms with van der Waals surface area (Å²) in [6, 6.07) is 6.30. The number of benzene rings is 1. The molecule has 1 unspecified atom stereocenters. The fourth-order valence-corrected chi connectivity index (χ4v) is 3.64. The number of nitrogens with zero attached hydrogens (tertiary/aromatic N) is 1. The largest absolute Gasteiger partial charge is 0.444 e. The molecule has 6 heteroatoms. The summed E-state index contributed by atoms with van der Waals surface area (Å²) in [6.45, 7) is 6.86. The molecule has 1 aliphatic heterocycles. The maximum absolute atomic E-state index is 13.1. The lowest BCUT2D eigenvalue weighted by molar-refractivity contribution is -0.134. The number of halogens is 1. The fourth-order valence-electron chi connectivity index (χ4n) is 3.64. The molecule has 1 saturated heterocycles. The Hall–Kier alpha value is -2.11. The van der Waals surface area contributed by atoms with E-state index in [1.54, 1.807) is 32.9 Å². The highest BCUT2D eigenvalue weighted by molar-refractivity contribution is 5.93. The van der Waals surface area contributed by atoms with Gasteiger partial charge in [0.05, 0.1) is 0 Å². The van der Waals surface area contributed by atoms with Crippen LogP contribution in [0.3, 0.4) is 0 Å². The first-order valence-electron chi connectivity index (χ1n) is 9.25. The highest BCUT2D eigenvalue weighted by Gasteiger charge is 2.62. The van der Waals surface area contributed by atoms with Crippen molar-refractivity contribution in [3.8, 4) is 0 Å². The van der Waals surface area contributed by atoms with Gasteiger partial charge in [-0.3, -0.25) is 4.79 Å². The quantitative estimate of drug-likeness (QED) is 0.894. The Kier molecular flexibility index (Phi) is 4.95. The molecule has 0 spiro atoms. The van der Waals surface area contributed by atoms with Crippen molar-refractivity contribution in [2.45, 2.75) is 57.6 Å².